The maximum Gasteiger partial charge on any atom is 0.191 e. The quantitative estimate of drug-likeness (QED) is 0.389. The first-order valence-corrected chi connectivity index (χ1v) is 6.76. The zero-order valence-corrected chi connectivity index (χ0v) is 16.7. The molecule has 0 aliphatic heterocycles. The molecule has 0 saturated carbocycles. The van der Waals surface area contributed by atoms with Crippen LogP contribution in [0, 0.1) is 5.41 Å². The van der Waals surface area contributed by atoms with Crippen LogP contribution in [0.5, 0.6) is 0 Å². The standard InChI is InChI=1S/C14H32N4O.HI/c1-13(2,11-18(6)7)9-16-12(15-5)17-10-14(3,4)19-8;/h9-11H2,1-8H3,(H2,15,16,17);1H. The van der Waals surface area contributed by atoms with Crippen LogP contribution in [-0.4, -0.2) is 64.3 Å². The minimum atomic E-state index is -0.198. The van der Waals surface area contributed by atoms with Crippen molar-refractivity contribution in [2.45, 2.75) is 33.3 Å². The fourth-order valence-electron chi connectivity index (χ4n) is 1.82. The van der Waals surface area contributed by atoms with E-state index in [1.165, 1.54) is 0 Å². The van der Waals surface area contributed by atoms with Crippen LogP contribution in [0.2, 0.25) is 0 Å². The lowest BCUT2D eigenvalue weighted by molar-refractivity contribution is 0.0268. The number of aliphatic imine (C=N–C) groups is 1. The first-order valence-electron chi connectivity index (χ1n) is 6.76. The molecule has 0 saturated heterocycles. The molecule has 0 aliphatic carbocycles. The summed E-state index contributed by atoms with van der Waals surface area (Å²) in [5, 5.41) is 6.66. The summed E-state index contributed by atoms with van der Waals surface area (Å²) in [5.41, 5.74) is -0.00529. The lowest BCUT2D eigenvalue weighted by atomic mass is 9.93. The molecule has 0 heterocycles. The summed E-state index contributed by atoms with van der Waals surface area (Å²) >= 11 is 0. The molecule has 122 valence electrons. The second kappa shape index (κ2) is 9.78. The van der Waals surface area contributed by atoms with Crippen LogP contribution < -0.4 is 10.6 Å². The smallest absolute Gasteiger partial charge is 0.191 e. The highest BCUT2D eigenvalue weighted by Gasteiger charge is 2.20. The van der Waals surface area contributed by atoms with Gasteiger partial charge in [0, 0.05) is 33.8 Å². The normalized spacial score (nSPS) is 13.2. The monoisotopic (exact) mass is 400 g/mol. The molecule has 5 nitrogen and oxygen atoms in total. The van der Waals surface area contributed by atoms with E-state index in [0.717, 1.165) is 25.6 Å². The topological polar surface area (TPSA) is 48.9 Å². The van der Waals surface area contributed by atoms with E-state index in [0.29, 0.717) is 0 Å². The van der Waals surface area contributed by atoms with Crippen molar-refractivity contribution in [1.29, 1.82) is 0 Å². The fraction of sp³-hybridized carbons (Fsp3) is 0.929. The summed E-state index contributed by atoms with van der Waals surface area (Å²) in [4.78, 5) is 6.43. The molecule has 0 fully saturated rings. The van der Waals surface area contributed by atoms with Crippen molar-refractivity contribution in [3.05, 3.63) is 0 Å². The first kappa shape index (κ1) is 22.2. The van der Waals surface area contributed by atoms with Crippen molar-refractivity contribution in [3.8, 4) is 0 Å². The zero-order valence-electron chi connectivity index (χ0n) is 14.3. The summed E-state index contributed by atoms with van der Waals surface area (Å²) in [5.74, 6) is 0.817. The summed E-state index contributed by atoms with van der Waals surface area (Å²) in [6.07, 6.45) is 0. The van der Waals surface area contributed by atoms with Gasteiger partial charge in [-0.2, -0.15) is 0 Å². The third kappa shape index (κ3) is 10.7. The molecule has 0 radical (unpaired) electrons. The first-order chi connectivity index (χ1) is 8.62. The SMILES string of the molecule is CN=C(NCC(C)(C)CN(C)C)NCC(C)(C)OC.I. The molecule has 0 aromatic heterocycles. The predicted molar refractivity (Wildman–Crippen MR) is 98.2 cm³/mol. The zero-order chi connectivity index (χ0) is 15.1. The Bertz CT molecular complexity index is 291. The molecule has 0 aromatic carbocycles. The van der Waals surface area contributed by atoms with E-state index < -0.39 is 0 Å². The highest BCUT2D eigenvalue weighted by Crippen LogP contribution is 2.14. The predicted octanol–water partition coefficient (Wildman–Crippen LogP) is 1.78. The Morgan fingerprint density at radius 2 is 1.60 bits per heavy atom. The highest BCUT2D eigenvalue weighted by molar-refractivity contribution is 14.0. The van der Waals surface area contributed by atoms with E-state index in [2.05, 4.69) is 48.5 Å². The number of methoxy groups -OCH3 is 1. The van der Waals surface area contributed by atoms with E-state index in [1.807, 2.05) is 13.8 Å². The second-order valence-corrected chi connectivity index (χ2v) is 6.65. The van der Waals surface area contributed by atoms with Gasteiger partial charge in [0.05, 0.1) is 5.60 Å². The van der Waals surface area contributed by atoms with E-state index in [4.69, 9.17) is 4.74 Å². The molecule has 0 bridgehead atoms. The van der Waals surface area contributed by atoms with Crippen molar-refractivity contribution >= 4 is 29.9 Å². The van der Waals surface area contributed by atoms with Crippen molar-refractivity contribution in [2.75, 3.05) is 47.9 Å². The van der Waals surface area contributed by atoms with Gasteiger partial charge in [-0.05, 0) is 33.4 Å². The Morgan fingerprint density at radius 3 is 2.00 bits per heavy atom. The second-order valence-electron chi connectivity index (χ2n) is 6.65. The maximum absolute atomic E-state index is 5.38. The minimum absolute atomic E-state index is 0. The number of rotatable bonds is 7. The number of guanidine groups is 1. The molecular weight excluding hydrogens is 367 g/mol. The molecule has 0 atom stereocenters. The molecule has 0 rings (SSSR count). The van der Waals surface area contributed by atoms with Gasteiger partial charge in [0.2, 0.25) is 0 Å². The average Bonchev–Trinajstić information content (AvgIpc) is 2.27. The number of halogens is 1. The number of nitrogens with zero attached hydrogens (tertiary/aromatic N) is 2. The number of nitrogens with one attached hydrogen (secondary N) is 2. The Morgan fingerprint density at radius 1 is 1.10 bits per heavy atom. The lowest BCUT2D eigenvalue weighted by Crippen LogP contribution is -2.48. The largest absolute Gasteiger partial charge is 0.377 e. The third-order valence-electron chi connectivity index (χ3n) is 2.94. The van der Waals surface area contributed by atoms with Gasteiger partial charge in [-0.25, -0.2) is 0 Å². The van der Waals surface area contributed by atoms with Crippen LogP contribution >= 0.6 is 24.0 Å². The molecule has 0 unspecified atom stereocenters. The van der Waals surface area contributed by atoms with E-state index in [9.17, 15) is 0 Å². The van der Waals surface area contributed by atoms with Gasteiger partial charge in [0.15, 0.2) is 5.96 Å². The molecule has 0 aliphatic rings. The summed E-state index contributed by atoms with van der Waals surface area (Å²) < 4.78 is 5.38. The van der Waals surface area contributed by atoms with Gasteiger partial charge >= 0.3 is 0 Å². The van der Waals surface area contributed by atoms with Crippen LogP contribution in [0.4, 0.5) is 0 Å². The Balaban J connectivity index is 0. The molecular formula is C14H33IN4O. The van der Waals surface area contributed by atoms with Gasteiger partial charge in [-0.1, -0.05) is 13.8 Å². The maximum atomic E-state index is 5.38. The van der Waals surface area contributed by atoms with Gasteiger partial charge in [0.25, 0.3) is 0 Å². The van der Waals surface area contributed by atoms with Crippen LogP contribution in [0.1, 0.15) is 27.7 Å². The van der Waals surface area contributed by atoms with Gasteiger partial charge in [-0.3, -0.25) is 4.99 Å². The number of hydrogen-bond donors (Lipinski definition) is 2. The fourth-order valence-corrected chi connectivity index (χ4v) is 1.82. The van der Waals surface area contributed by atoms with Crippen molar-refractivity contribution in [3.63, 3.8) is 0 Å². The summed E-state index contributed by atoms with van der Waals surface area (Å²) in [6, 6.07) is 0. The number of ether oxygens (including phenoxy) is 1. The average molecular weight is 400 g/mol. The van der Waals surface area contributed by atoms with Crippen LogP contribution in [-0.2, 0) is 4.74 Å². The molecule has 20 heavy (non-hydrogen) atoms. The minimum Gasteiger partial charge on any atom is -0.377 e. The van der Waals surface area contributed by atoms with Crippen LogP contribution in [0.25, 0.3) is 0 Å². The molecule has 0 amide bonds. The summed E-state index contributed by atoms with van der Waals surface area (Å²) in [7, 11) is 7.69. The third-order valence-corrected chi connectivity index (χ3v) is 2.94. The Kier molecular flexibility index (Phi) is 10.9. The van der Waals surface area contributed by atoms with Crippen molar-refractivity contribution in [2.24, 2.45) is 10.4 Å². The van der Waals surface area contributed by atoms with E-state index in [-0.39, 0.29) is 35.0 Å². The van der Waals surface area contributed by atoms with Crippen molar-refractivity contribution in [1.82, 2.24) is 15.5 Å². The lowest BCUT2D eigenvalue weighted by Gasteiger charge is -2.30. The van der Waals surface area contributed by atoms with Crippen LogP contribution in [0.15, 0.2) is 4.99 Å². The molecule has 0 spiro atoms. The highest BCUT2D eigenvalue weighted by atomic mass is 127. The molecule has 2 N–H and O–H groups in total. The van der Waals surface area contributed by atoms with E-state index in [1.54, 1.807) is 14.2 Å². The Labute approximate surface area is 141 Å². The Hall–Kier alpha value is -0.0800. The summed E-state index contributed by atoms with van der Waals surface area (Å²) in [6.45, 7) is 11.2. The van der Waals surface area contributed by atoms with Crippen LogP contribution in [0.3, 0.4) is 0 Å². The molecule has 0 aromatic rings. The molecule has 6 heteroatoms. The van der Waals surface area contributed by atoms with Gasteiger partial charge in [-0.15, -0.1) is 24.0 Å². The van der Waals surface area contributed by atoms with Crippen molar-refractivity contribution < 1.29 is 4.74 Å². The van der Waals surface area contributed by atoms with E-state index >= 15 is 0 Å². The van der Waals surface area contributed by atoms with Gasteiger partial charge < -0.3 is 20.3 Å². The van der Waals surface area contributed by atoms with Gasteiger partial charge in [0.1, 0.15) is 0 Å². The number of hydrogen-bond acceptors (Lipinski definition) is 3.